The monoisotopic (exact) mass is 384 g/mol. The number of hydrogen-bond donors (Lipinski definition) is 2. The molecule has 3 aromatic rings. The van der Waals surface area contributed by atoms with Crippen molar-refractivity contribution in [3.05, 3.63) is 64.8 Å². The molecule has 2 aromatic carbocycles. The summed E-state index contributed by atoms with van der Waals surface area (Å²) < 4.78 is 6.27. The van der Waals surface area contributed by atoms with Crippen LogP contribution >= 0.6 is 15.9 Å². The van der Waals surface area contributed by atoms with Gasteiger partial charge in [-0.3, -0.25) is 0 Å². The summed E-state index contributed by atoms with van der Waals surface area (Å²) in [4.78, 5) is 8.94. The Hall–Kier alpha value is -2.60. The lowest BCUT2D eigenvalue weighted by atomic mass is 10.3. The number of benzene rings is 2. The summed E-state index contributed by atoms with van der Waals surface area (Å²) >= 11 is 3.42. The second-order valence-corrected chi connectivity index (χ2v) is 6.12. The molecule has 0 radical (unpaired) electrons. The van der Waals surface area contributed by atoms with Gasteiger partial charge in [-0.1, -0.05) is 22.0 Å². The van der Waals surface area contributed by atoms with Crippen LogP contribution in [0.1, 0.15) is 5.69 Å². The lowest BCUT2D eigenvalue weighted by Crippen LogP contribution is -2.02. The second kappa shape index (κ2) is 7.31. The molecule has 6 heteroatoms. The molecule has 0 saturated heterocycles. The van der Waals surface area contributed by atoms with Crippen LogP contribution in [-0.2, 0) is 0 Å². The first-order chi connectivity index (χ1) is 11.6. The van der Waals surface area contributed by atoms with Gasteiger partial charge in [-0.2, -0.15) is 4.98 Å². The van der Waals surface area contributed by atoms with Crippen LogP contribution in [0.2, 0.25) is 0 Å². The predicted molar refractivity (Wildman–Crippen MR) is 100 cm³/mol. The molecule has 3 rings (SSSR count). The van der Waals surface area contributed by atoms with Gasteiger partial charge in [0.05, 0.1) is 7.11 Å². The van der Waals surface area contributed by atoms with Gasteiger partial charge >= 0.3 is 0 Å². The number of hydrogen-bond acceptors (Lipinski definition) is 5. The third-order valence-corrected chi connectivity index (χ3v) is 3.83. The Morgan fingerprint density at radius 1 is 0.917 bits per heavy atom. The first-order valence-electron chi connectivity index (χ1n) is 7.42. The zero-order valence-electron chi connectivity index (χ0n) is 13.4. The molecule has 2 N–H and O–H groups in total. The molecule has 0 aliphatic rings. The highest BCUT2D eigenvalue weighted by Crippen LogP contribution is 2.22. The summed E-state index contributed by atoms with van der Waals surface area (Å²) in [6.07, 6.45) is 0. The van der Waals surface area contributed by atoms with Crippen LogP contribution < -0.4 is 15.4 Å². The molecule has 122 valence electrons. The van der Waals surface area contributed by atoms with E-state index in [0.29, 0.717) is 5.95 Å². The number of anilines is 4. The van der Waals surface area contributed by atoms with Crippen molar-refractivity contribution in [2.45, 2.75) is 6.92 Å². The van der Waals surface area contributed by atoms with Crippen molar-refractivity contribution in [3.63, 3.8) is 0 Å². The van der Waals surface area contributed by atoms with Crippen LogP contribution in [-0.4, -0.2) is 17.1 Å². The molecule has 0 saturated carbocycles. The summed E-state index contributed by atoms with van der Waals surface area (Å²) in [7, 11) is 1.65. The number of nitrogens with zero attached hydrogens (tertiary/aromatic N) is 2. The molecule has 0 unspecified atom stereocenters. The van der Waals surface area contributed by atoms with Crippen LogP contribution in [0.15, 0.2) is 59.1 Å². The van der Waals surface area contributed by atoms with Crippen LogP contribution in [0.25, 0.3) is 0 Å². The molecule has 1 heterocycles. The van der Waals surface area contributed by atoms with E-state index in [1.165, 1.54) is 0 Å². The van der Waals surface area contributed by atoms with Crippen molar-refractivity contribution in [1.82, 2.24) is 9.97 Å². The second-order valence-electron chi connectivity index (χ2n) is 5.21. The van der Waals surface area contributed by atoms with E-state index >= 15 is 0 Å². The molecule has 0 fully saturated rings. The van der Waals surface area contributed by atoms with Crippen molar-refractivity contribution >= 4 is 39.1 Å². The molecule has 24 heavy (non-hydrogen) atoms. The fourth-order valence-electron chi connectivity index (χ4n) is 2.20. The lowest BCUT2D eigenvalue weighted by Gasteiger charge is -2.11. The van der Waals surface area contributed by atoms with Crippen LogP contribution in [0.5, 0.6) is 5.75 Å². The van der Waals surface area contributed by atoms with E-state index in [1.54, 1.807) is 7.11 Å². The topological polar surface area (TPSA) is 59.1 Å². The van der Waals surface area contributed by atoms with E-state index in [2.05, 4.69) is 36.5 Å². The van der Waals surface area contributed by atoms with Gasteiger partial charge in [0.25, 0.3) is 0 Å². The number of methoxy groups -OCH3 is 1. The Balaban J connectivity index is 1.81. The van der Waals surface area contributed by atoms with E-state index in [1.807, 2.05) is 61.5 Å². The third kappa shape index (κ3) is 4.23. The Morgan fingerprint density at radius 2 is 1.71 bits per heavy atom. The van der Waals surface area contributed by atoms with E-state index < -0.39 is 0 Å². The van der Waals surface area contributed by atoms with Gasteiger partial charge in [0.1, 0.15) is 11.6 Å². The van der Waals surface area contributed by atoms with Crippen LogP contribution in [0.4, 0.5) is 23.1 Å². The van der Waals surface area contributed by atoms with Gasteiger partial charge < -0.3 is 15.4 Å². The largest absolute Gasteiger partial charge is 0.497 e. The van der Waals surface area contributed by atoms with Crippen molar-refractivity contribution < 1.29 is 4.74 Å². The van der Waals surface area contributed by atoms with E-state index in [-0.39, 0.29) is 0 Å². The van der Waals surface area contributed by atoms with Crippen molar-refractivity contribution in [2.75, 3.05) is 17.7 Å². The Morgan fingerprint density at radius 3 is 2.46 bits per heavy atom. The number of aryl methyl sites for hydroxylation is 1. The summed E-state index contributed by atoms with van der Waals surface area (Å²) in [6, 6.07) is 17.5. The van der Waals surface area contributed by atoms with Gasteiger partial charge in [0.2, 0.25) is 5.95 Å². The zero-order chi connectivity index (χ0) is 16.9. The molecule has 1 aromatic heterocycles. The van der Waals surface area contributed by atoms with Gasteiger partial charge in [-0.25, -0.2) is 4.98 Å². The number of aromatic nitrogens is 2. The van der Waals surface area contributed by atoms with Gasteiger partial charge in [-0.05, 0) is 43.3 Å². The summed E-state index contributed by atoms with van der Waals surface area (Å²) in [5.41, 5.74) is 2.70. The molecule has 0 aliphatic carbocycles. The first-order valence-corrected chi connectivity index (χ1v) is 8.21. The van der Waals surface area contributed by atoms with Crippen molar-refractivity contribution in [3.8, 4) is 5.75 Å². The smallest absolute Gasteiger partial charge is 0.229 e. The first kappa shape index (κ1) is 16.3. The number of ether oxygens (including phenoxy) is 1. The van der Waals surface area contributed by atoms with E-state index in [4.69, 9.17) is 4.74 Å². The van der Waals surface area contributed by atoms with Gasteiger partial charge in [0.15, 0.2) is 0 Å². The summed E-state index contributed by atoms with van der Waals surface area (Å²) in [5, 5.41) is 6.49. The fourth-order valence-corrected chi connectivity index (χ4v) is 2.46. The van der Waals surface area contributed by atoms with Crippen molar-refractivity contribution in [2.24, 2.45) is 0 Å². The highest BCUT2D eigenvalue weighted by atomic mass is 79.9. The maximum absolute atomic E-state index is 5.24. The summed E-state index contributed by atoms with van der Waals surface area (Å²) in [5.74, 6) is 2.05. The van der Waals surface area contributed by atoms with Gasteiger partial charge in [0, 0.05) is 33.7 Å². The summed E-state index contributed by atoms with van der Waals surface area (Å²) in [6.45, 7) is 1.94. The minimum Gasteiger partial charge on any atom is -0.497 e. The van der Waals surface area contributed by atoms with Crippen molar-refractivity contribution in [1.29, 1.82) is 0 Å². The van der Waals surface area contributed by atoms with Crippen LogP contribution in [0.3, 0.4) is 0 Å². The highest BCUT2D eigenvalue weighted by molar-refractivity contribution is 9.10. The maximum Gasteiger partial charge on any atom is 0.229 e. The average Bonchev–Trinajstić information content (AvgIpc) is 2.56. The normalized spacial score (nSPS) is 10.3. The molecule has 0 bridgehead atoms. The van der Waals surface area contributed by atoms with Crippen LogP contribution in [0, 0.1) is 6.92 Å². The Labute approximate surface area is 149 Å². The minimum atomic E-state index is 0.544. The standard InChI is InChI=1S/C18H17BrN4O/c1-12-10-17(21-15-4-3-5-16(11-15)24-2)23-18(20-12)22-14-8-6-13(19)7-9-14/h3-11H,1-2H3,(H2,20,21,22,23). The number of rotatable bonds is 5. The molecular formula is C18H17BrN4O. The third-order valence-electron chi connectivity index (χ3n) is 3.30. The molecule has 0 amide bonds. The molecule has 0 atom stereocenters. The highest BCUT2D eigenvalue weighted by Gasteiger charge is 2.04. The Kier molecular flexibility index (Phi) is 4.96. The van der Waals surface area contributed by atoms with E-state index in [0.717, 1.165) is 33.1 Å². The maximum atomic E-state index is 5.24. The number of halogens is 1. The minimum absolute atomic E-state index is 0.544. The fraction of sp³-hybridized carbons (Fsp3) is 0.111. The number of nitrogens with one attached hydrogen (secondary N) is 2. The molecule has 0 aliphatic heterocycles. The zero-order valence-corrected chi connectivity index (χ0v) is 15.0. The SMILES string of the molecule is COc1cccc(Nc2cc(C)nc(Nc3ccc(Br)cc3)n2)c1. The Bertz CT molecular complexity index is 837. The lowest BCUT2D eigenvalue weighted by molar-refractivity contribution is 0.415. The molecular weight excluding hydrogens is 368 g/mol. The quantitative estimate of drug-likeness (QED) is 0.644. The average molecular weight is 385 g/mol. The predicted octanol–water partition coefficient (Wildman–Crippen LogP) is 5.04. The van der Waals surface area contributed by atoms with Gasteiger partial charge in [-0.15, -0.1) is 0 Å². The van der Waals surface area contributed by atoms with E-state index in [9.17, 15) is 0 Å². The molecule has 5 nitrogen and oxygen atoms in total. The molecule has 0 spiro atoms.